The van der Waals surface area contributed by atoms with Crippen LogP contribution in [-0.2, 0) is 4.74 Å². The number of furan rings is 1. The van der Waals surface area contributed by atoms with Crippen molar-refractivity contribution in [3.8, 4) is 11.5 Å². The van der Waals surface area contributed by atoms with Gasteiger partial charge in [-0.3, -0.25) is 4.79 Å². The van der Waals surface area contributed by atoms with Crippen molar-refractivity contribution in [2.24, 2.45) is 0 Å². The number of nitrogens with zero attached hydrogens (tertiary/aromatic N) is 1. The quantitative estimate of drug-likeness (QED) is 0.887. The number of amides is 1. The number of hydrogen-bond acceptors (Lipinski definition) is 4. The molecule has 0 aliphatic rings. The molecule has 2 heterocycles. The monoisotopic (exact) mass is 288 g/mol. The van der Waals surface area contributed by atoms with Crippen molar-refractivity contribution < 1.29 is 13.9 Å². The van der Waals surface area contributed by atoms with Gasteiger partial charge in [0, 0.05) is 7.11 Å². The zero-order chi connectivity index (χ0) is 15.2. The Labute approximate surface area is 124 Å². The first kappa shape index (κ1) is 15.3. The highest BCUT2D eigenvalue weighted by molar-refractivity contribution is 5.95. The van der Waals surface area contributed by atoms with Crippen LogP contribution in [0.3, 0.4) is 0 Å². The lowest BCUT2D eigenvalue weighted by Crippen LogP contribution is -2.37. The number of carbonyl (C=O) groups excluding carboxylic acids is 1. The molecule has 0 fully saturated rings. The van der Waals surface area contributed by atoms with Gasteiger partial charge in [-0.2, -0.15) is 0 Å². The Kier molecular flexibility index (Phi) is 5.11. The summed E-state index contributed by atoms with van der Waals surface area (Å²) in [6.45, 7) is 4.33. The molecular weight excluding hydrogens is 268 g/mol. The largest absolute Gasteiger partial charge is 0.463 e. The highest BCUT2D eigenvalue weighted by Crippen LogP contribution is 2.19. The maximum absolute atomic E-state index is 12.3. The van der Waals surface area contributed by atoms with Crippen molar-refractivity contribution in [3.05, 3.63) is 41.8 Å². The molecule has 21 heavy (non-hydrogen) atoms. The zero-order valence-electron chi connectivity index (χ0n) is 12.6. The average Bonchev–Trinajstić information content (AvgIpc) is 3.00. The Balaban J connectivity index is 2.15. The molecule has 0 bridgehead atoms. The van der Waals surface area contributed by atoms with Crippen LogP contribution < -0.4 is 5.32 Å². The third-order valence-corrected chi connectivity index (χ3v) is 3.30. The third kappa shape index (κ3) is 3.70. The highest BCUT2D eigenvalue weighted by atomic mass is 16.5. The molecule has 112 valence electrons. The first-order valence-corrected chi connectivity index (χ1v) is 6.97. The molecule has 5 heteroatoms. The predicted molar refractivity (Wildman–Crippen MR) is 80.1 cm³/mol. The lowest BCUT2D eigenvalue weighted by atomic mass is 10.1. The van der Waals surface area contributed by atoms with Gasteiger partial charge in [-0.05, 0) is 37.6 Å². The molecule has 0 aliphatic heterocycles. The van der Waals surface area contributed by atoms with Gasteiger partial charge in [-0.15, -0.1) is 0 Å². The van der Waals surface area contributed by atoms with E-state index in [0.717, 1.165) is 12.1 Å². The summed E-state index contributed by atoms with van der Waals surface area (Å²) in [5.41, 5.74) is 1.96. The van der Waals surface area contributed by atoms with Gasteiger partial charge in [-0.25, -0.2) is 4.98 Å². The molecule has 2 rings (SSSR count). The van der Waals surface area contributed by atoms with Gasteiger partial charge < -0.3 is 14.5 Å². The Morgan fingerprint density at radius 2 is 2.24 bits per heavy atom. The van der Waals surface area contributed by atoms with E-state index in [9.17, 15) is 4.79 Å². The fourth-order valence-corrected chi connectivity index (χ4v) is 2.09. The van der Waals surface area contributed by atoms with Crippen molar-refractivity contribution in [1.82, 2.24) is 10.3 Å². The molecule has 0 saturated heterocycles. The smallest absolute Gasteiger partial charge is 0.253 e. The molecule has 5 nitrogen and oxygen atoms in total. The van der Waals surface area contributed by atoms with Gasteiger partial charge in [0.05, 0.1) is 30.2 Å². The van der Waals surface area contributed by atoms with Gasteiger partial charge >= 0.3 is 0 Å². The molecule has 2 aromatic heterocycles. The molecule has 0 radical (unpaired) electrons. The minimum Gasteiger partial charge on any atom is -0.463 e. The molecular formula is C16H20N2O3. The van der Waals surface area contributed by atoms with E-state index in [1.807, 2.05) is 26.0 Å². The van der Waals surface area contributed by atoms with Crippen LogP contribution in [0.2, 0.25) is 0 Å². The Bertz CT molecular complexity index is 594. The lowest BCUT2D eigenvalue weighted by molar-refractivity contribution is 0.0893. The fourth-order valence-electron chi connectivity index (χ4n) is 2.09. The SMILES string of the molecule is CCC(COC)NC(=O)c1ccc(-c2ccco2)nc1C. The van der Waals surface area contributed by atoms with E-state index in [1.54, 1.807) is 25.5 Å². The van der Waals surface area contributed by atoms with Crippen molar-refractivity contribution in [2.45, 2.75) is 26.3 Å². The summed E-state index contributed by atoms with van der Waals surface area (Å²) >= 11 is 0. The molecule has 1 amide bonds. The second-order valence-corrected chi connectivity index (χ2v) is 4.84. The molecule has 0 saturated carbocycles. The van der Waals surface area contributed by atoms with Gasteiger partial charge in [0.25, 0.3) is 5.91 Å². The van der Waals surface area contributed by atoms with Gasteiger partial charge in [0.2, 0.25) is 0 Å². The summed E-state index contributed by atoms with van der Waals surface area (Å²) in [6.07, 6.45) is 2.42. The zero-order valence-corrected chi connectivity index (χ0v) is 12.6. The summed E-state index contributed by atoms with van der Waals surface area (Å²) in [7, 11) is 1.62. The number of ether oxygens (including phenoxy) is 1. The van der Waals surface area contributed by atoms with Crippen LogP contribution in [0.25, 0.3) is 11.5 Å². The maximum atomic E-state index is 12.3. The van der Waals surface area contributed by atoms with Crippen molar-refractivity contribution in [2.75, 3.05) is 13.7 Å². The topological polar surface area (TPSA) is 64.4 Å². The first-order valence-electron chi connectivity index (χ1n) is 6.97. The summed E-state index contributed by atoms with van der Waals surface area (Å²) in [5.74, 6) is 0.561. The lowest BCUT2D eigenvalue weighted by Gasteiger charge is -2.16. The maximum Gasteiger partial charge on any atom is 0.253 e. The fraction of sp³-hybridized carbons (Fsp3) is 0.375. The normalized spacial score (nSPS) is 12.1. The van der Waals surface area contributed by atoms with Crippen LogP contribution in [0.5, 0.6) is 0 Å². The van der Waals surface area contributed by atoms with Crippen molar-refractivity contribution in [3.63, 3.8) is 0 Å². The van der Waals surface area contributed by atoms with Crippen LogP contribution in [0, 0.1) is 6.92 Å². The number of carbonyl (C=O) groups is 1. The Morgan fingerprint density at radius 1 is 1.43 bits per heavy atom. The third-order valence-electron chi connectivity index (χ3n) is 3.30. The van der Waals surface area contributed by atoms with Crippen LogP contribution in [0.1, 0.15) is 29.4 Å². The average molecular weight is 288 g/mol. The van der Waals surface area contributed by atoms with E-state index in [0.29, 0.717) is 23.6 Å². The number of pyridine rings is 1. The van der Waals surface area contributed by atoms with E-state index >= 15 is 0 Å². The first-order chi connectivity index (χ1) is 10.2. The molecule has 2 aromatic rings. The second-order valence-electron chi connectivity index (χ2n) is 4.84. The molecule has 1 N–H and O–H groups in total. The van der Waals surface area contributed by atoms with Gasteiger partial charge in [0.15, 0.2) is 5.76 Å². The number of aromatic nitrogens is 1. The minimum absolute atomic E-state index is 0.00616. The molecule has 0 aliphatic carbocycles. The van der Waals surface area contributed by atoms with E-state index in [-0.39, 0.29) is 11.9 Å². The number of methoxy groups -OCH3 is 1. The Hall–Kier alpha value is -2.14. The van der Waals surface area contributed by atoms with Crippen molar-refractivity contribution >= 4 is 5.91 Å². The number of rotatable bonds is 6. The molecule has 1 atom stereocenters. The minimum atomic E-state index is -0.130. The summed E-state index contributed by atoms with van der Waals surface area (Å²) in [4.78, 5) is 16.7. The predicted octanol–water partition coefficient (Wildman–Crippen LogP) is 2.80. The van der Waals surface area contributed by atoms with E-state index in [4.69, 9.17) is 9.15 Å². The Morgan fingerprint density at radius 3 is 2.81 bits per heavy atom. The molecule has 1 unspecified atom stereocenters. The van der Waals surface area contributed by atoms with E-state index < -0.39 is 0 Å². The second kappa shape index (κ2) is 7.04. The van der Waals surface area contributed by atoms with Gasteiger partial charge in [-0.1, -0.05) is 6.92 Å². The number of hydrogen-bond donors (Lipinski definition) is 1. The van der Waals surface area contributed by atoms with E-state index in [2.05, 4.69) is 10.3 Å². The number of nitrogens with one attached hydrogen (secondary N) is 1. The van der Waals surface area contributed by atoms with Crippen LogP contribution in [0.15, 0.2) is 34.9 Å². The van der Waals surface area contributed by atoms with Crippen LogP contribution in [-0.4, -0.2) is 30.6 Å². The van der Waals surface area contributed by atoms with Crippen LogP contribution >= 0.6 is 0 Å². The van der Waals surface area contributed by atoms with Gasteiger partial charge in [0.1, 0.15) is 5.69 Å². The highest BCUT2D eigenvalue weighted by Gasteiger charge is 2.15. The van der Waals surface area contributed by atoms with E-state index in [1.165, 1.54) is 0 Å². The summed E-state index contributed by atoms with van der Waals surface area (Å²) in [5, 5.41) is 2.95. The molecule has 0 spiro atoms. The molecule has 0 aromatic carbocycles. The summed E-state index contributed by atoms with van der Waals surface area (Å²) < 4.78 is 10.4. The summed E-state index contributed by atoms with van der Waals surface area (Å²) in [6, 6.07) is 7.22. The van der Waals surface area contributed by atoms with Crippen LogP contribution in [0.4, 0.5) is 0 Å². The number of aryl methyl sites for hydroxylation is 1. The van der Waals surface area contributed by atoms with Crippen molar-refractivity contribution in [1.29, 1.82) is 0 Å². The standard InChI is InChI=1S/C16H20N2O3/c1-4-12(10-20-3)18-16(19)13-7-8-14(17-11(13)2)15-6-5-9-21-15/h5-9,12H,4,10H2,1-3H3,(H,18,19).